The monoisotopic (exact) mass is 396 g/mol. The van der Waals surface area contributed by atoms with E-state index in [1.165, 1.54) is 0 Å². The summed E-state index contributed by atoms with van der Waals surface area (Å²) in [6.45, 7) is 0. The van der Waals surface area contributed by atoms with E-state index < -0.39 is 0 Å². The number of aromatic nitrogens is 2. The van der Waals surface area contributed by atoms with Crippen LogP contribution in [0.1, 0.15) is 48.3 Å². The van der Waals surface area contributed by atoms with Gasteiger partial charge in [-0.15, -0.1) is 0 Å². The van der Waals surface area contributed by atoms with Gasteiger partial charge in [-0.2, -0.15) is 0 Å². The Bertz CT molecular complexity index is 876. The van der Waals surface area contributed by atoms with E-state index in [0.717, 1.165) is 43.4 Å². The van der Waals surface area contributed by atoms with Crippen molar-refractivity contribution in [2.75, 3.05) is 7.11 Å². The minimum atomic E-state index is -0.0571. The van der Waals surface area contributed by atoms with Crippen molar-refractivity contribution < 1.29 is 14.3 Å². The molecule has 0 bridgehead atoms. The maximum absolute atomic E-state index is 13.5. The minimum Gasteiger partial charge on any atom is -0.497 e. The smallest absolute Gasteiger partial charge is 0.290 e. The molecule has 2 fully saturated rings. The van der Waals surface area contributed by atoms with Crippen LogP contribution < -0.4 is 10.1 Å². The van der Waals surface area contributed by atoms with Crippen LogP contribution in [0.4, 0.5) is 0 Å². The average molecular weight is 396 g/mol. The predicted octanol–water partition coefficient (Wildman–Crippen LogP) is 2.31. The summed E-state index contributed by atoms with van der Waals surface area (Å²) in [5.41, 5.74) is 1.15. The number of nitrogens with one attached hydrogen (secondary N) is 1. The van der Waals surface area contributed by atoms with Crippen molar-refractivity contribution in [3.8, 4) is 5.75 Å². The van der Waals surface area contributed by atoms with Gasteiger partial charge in [0.25, 0.3) is 5.91 Å². The maximum Gasteiger partial charge on any atom is 0.290 e. The molecule has 2 amide bonds. The van der Waals surface area contributed by atoms with Gasteiger partial charge in [0.2, 0.25) is 5.91 Å². The normalized spacial score (nSPS) is 24.4. The first-order chi connectivity index (χ1) is 14.1. The number of benzene rings is 1. The number of rotatable bonds is 4. The number of hydrogen-bond acceptors (Lipinski definition) is 4. The number of carbonyl (C=O) groups is 2. The molecule has 7 heteroatoms. The van der Waals surface area contributed by atoms with E-state index in [1.807, 2.05) is 36.2 Å². The lowest BCUT2D eigenvalue weighted by molar-refractivity contribution is -0.122. The van der Waals surface area contributed by atoms with Gasteiger partial charge < -0.3 is 19.5 Å². The highest BCUT2D eigenvalue weighted by Crippen LogP contribution is 2.33. The summed E-state index contributed by atoms with van der Waals surface area (Å²) in [5, 5.41) is 3.18. The molecule has 0 radical (unpaired) electrons. The zero-order valence-corrected chi connectivity index (χ0v) is 17.0. The number of nitrogens with zero attached hydrogens (tertiary/aromatic N) is 3. The Morgan fingerprint density at radius 1 is 1.28 bits per heavy atom. The first-order valence-corrected chi connectivity index (χ1v) is 10.3. The highest BCUT2D eigenvalue weighted by atomic mass is 16.5. The highest BCUT2D eigenvalue weighted by molar-refractivity contribution is 5.91. The summed E-state index contributed by atoms with van der Waals surface area (Å²) in [6, 6.07) is 7.99. The summed E-state index contributed by atoms with van der Waals surface area (Å²) < 4.78 is 7.02. The van der Waals surface area contributed by atoms with E-state index in [0.29, 0.717) is 12.2 Å². The molecule has 1 aromatic heterocycles. The summed E-state index contributed by atoms with van der Waals surface area (Å²) >= 11 is 0. The van der Waals surface area contributed by atoms with Crippen LogP contribution in [0, 0.1) is 0 Å². The number of ether oxygens (including phenoxy) is 1. The van der Waals surface area contributed by atoms with Crippen LogP contribution >= 0.6 is 0 Å². The molecule has 154 valence electrons. The summed E-state index contributed by atoms with van der Waals surface area (Å²) in [6.07, 6.45) is 8.23. The highest BCUT2D eigenvalue weighted by Gasteiger charge is 2.45. The molecule has 2 aliphatic rings. The molecule has 2 aliphatic heterocycles. The van der Waals surface area contributed by atoms with Gasteiger partial charge in [0.1, 0.15) is 5.75 Å². The quantitative estimate of drug-likeness (QED) is 0.861. The SMILES string of the molecule is COc1ccc(C[C@@H]2C[C@@H]3NC(=O)CCCC[C@H]3N2C(=O)c2nccn2C)cc1. The van der Waals surface area contributed by atoms with Crippen molar-refractivity contribution in [2.24, 2.45) is 7.05 Å². The van der Waals surface area contributed by atoms with Crippen molar-refractivity contribution in [3.05, 3.63) is 48.0 Å². The zero-order valence-electron chi connectivity index (χ0n) is 17.0. The van der Waals surface area contributed by atoms with Gasteiger partial charge >= 0.3 is 0 Å². The van der Waals surface area contributed by atoms with Crippen LogP contribution in [0.15, 0.2) is 36.7 Å². The van der Waals surface area contributed by atoms with Gasteiger partial charge in [-0.25, -0.2) is 4.98 Å². The standard InChI is InChI=1S/C22H28N4O3/c1-25-12-11-23-21(25)22(28)26-16(13-15-7-9-17(29-2)10-8-15)14-18-19(26)5-3-4-6-20(27)24-18/h7-12,16,18-19H,3-6,13-14H2,1-2H3,(H,24,27)/t16-,18+,19-/m1/s1. The second-order valence-electron chi connectivity index (χ2n) is 8.00. The van der Waals surface area contributed by atoms with Gasteiger partial charge in [-0.05, 0) is 43.4 Å². The summed E-state index contributed by atoms with van der Waals surface area (Å²) in [5.74, 6) is 1.29. The van der Waals surface area contributed by atoms with E-state index in [9.17, 15) is 9.59 Å². The third-order valence-electron chi connectivity index (χ3n) is 6.12. The second kappa shape index (κ2) is 8.27. The fourth-order valence-electron chi connectivity index (χ4n) is 4.66. The van der Waals surface area contributed by atoms with Crippen LogP contribution in [0.3, 0.4) is 0 Å². The third-order valence-corrected chi connectivity index (χ3v) is 6.12. The van der Waals surface area contributed by atoms with Crippen molar-refractivity contribution in [3.63, 3.8) is 0 Å². The molecule has 29 heavy (non-hydrogen) atoms. The molecule has 2 aromatic rings. The number of likely N-dealkylation sites (tertiary alicyclic amines) is 1. The topological polar surface area (TPSA) is 76.5 Å². The molecule has 4 rings (SSSR count). The fourth-order valence-corrected chi connectivity index (χ4v) is 4.66. The molecular weight excluding hydrogens is 368 g/mol. The first kappa shape index (κ1) is 19.5. The number of carbonyl (C=O) groups excluding carboxylic acids is 2. The minimum absolute atomic E-state index is 0.00438. The Hall–Kier alpha value is -2.83. The fraction of sp³-hybridized carbons (Fsp3) is 0.500. The molecule has 3 heterocycles. The summed E-state index contributed by atoms with van der Waals surface area (Å²) in [7, 11) is 3.49. The lowest BCUT2D eigenvalue weighted by Crippen LogP contribution is -2.49. The second-order valence-corrected chi connectivity index (χ2v) is 8.00. The van der Waals surface area contributed by atoms with Gasteiger partial charge in [0.05, 0.1) is 19.2 Å². The predicted molar refractivity (Wildman–Crippen MR) is 109 cm³/mol. The molecule has 1 N–H and O–H groups in total. The largest absolute Gasteiger partial charge is 0.497 e. The Kier molecular flexibility index (Phi) is 5.56. The molecule has 3 atom stereocenters. The Morgan fingerprint density at radius 2 is 2.07 bits per heavy atom. The number of amides is 2. The van der Waals surface area contributed by atoms with Gasteiger partial charge in [0.15, 0.2) is 5.82 Å². The van der Waals surface area contributed by atoms with Crippen molar-refractivity contribution in [1.29, 1.82) is 0 Å². The van der Waals surface area contributed by atoms with Gasteiger partial charge in [0, 0.05) is 31.9 Å². The molecule has 2 saturated heterocycles. The van der Waals surface area contributed by atoms with Crippen molar-refractivity contribution in [1.82, 2.24) is 19.8 Å². The Balaban J connectivity index is 1.63. The number of hydrogen-bond donors (Lipinski definition) is 1. The van der Waals surface area contributed by atoms with E-state index in [1.54, 1.807) is 24.1 Å². The third kappa shape index (κ3) is 3.99. The molecule has 0 aliphatic carbocycles. The average Bonchev–Trinajstić information content (AvgIpc) is 3.27. The summed E-state index contributed by atoms with van der Waals surface area (Å²) in [4.78, 5) is 32.0. The van der Waals surface area contributed by atoms with Crippen LogP contribution in [0.25, 0.3) is 0 Å². The van der Waals surface area contributed by atoms with Crippen LogP contribution in [0.5, 0.6) is 5.75 Å². The van der Waals surface area contributed by atoms with Crippen LogP contribution in [-0.2, 0) is 18.3 Å². The lowest BCUT2D eigenvalue weighted by atomic mass is 9.97. The van der Waals surface area contributed by atoms with E-state index in [2.05, 4.69) is 10.3 Å². The van der Waals surface area contributed by atoms with E-state index in [-0.39, 0.29) is 29.9 Å². The Labute approximate surface area is 171 Å². The van der Waals surface area contributed by atoms with Gasteiger partial charge in [-0.3, -0.25) is 9.59 Å². The van der Waals surface area contributed by atoms with Crippen molar-refractivity contribution in [2.45, 2.75) is 56.7 Å². The number of imidazole rings is 1. The van der Waals surface area contributed by atoms with E-state index >= 15 is 0 Å². The molecule has 0 unspecified atom stereocenters. The van der Waals surface area contributed by atoms with Gasteiger partial charge in [-0.1, -0.05) is 18.6 Å². The molecule has 1 aromatic carbocycles. The lowest BCUT2D eigenvalue weighted by Gasteiger charge is -2.32. The number of methoxy groups -OCH3 is 1. The zero-order chi connectivity index (χ0) is 20.4. The van der Waals surface area contributed by atoms with E-state index in [4.69, 9.17) is 4.74 Å². The molecular formula is C22H28N4O3. The van der Waals surface area contributed by atoms with Crippen molar-refractivity contribution >= 4 is 11.8 Å². The molecule has 7 nitrogen and oxygen atoms in total. The van der Waals surface area contributed by atoms with Crippen LogP contribution in [0.2, 0.25) is 0 Å². The first-order valence-electron chi connectivity index (χ1n) is 10.3. The number of aryl methyl sites for hydroxylation is 1. The molecule has 0 saturated carbocycles. The van der Waals surface area contributed by atoms with Crippen LogP contribution in [-0.4, -0.2) is 51.5 Å². The molecule has 0 spiro atoms. The maximum atomic E-state index is 13.5. The number of fused-ring (bicyclic) bond motifs is 1. The Morgan fingerprint density at radius 3 is 2.76 bits per heavy atom.